The molecule has 0 radical (unpaired) electrons. The maximum absolute atomic E-state index is 12.6. The molecule has 3 heterocycles. The number of aryl methyl sites for hydroxylation is 1. The average Bonchev–Trinajstić information content (AvgIpc) is 3.35. The number of β-amino-alcohol motifs (C(OH)–C–C–N with tert-alkyl or cyclic N) is 1. The number of amides is 1. The van der Waals surface area contributed by atoms with Crippen LogP contribution in [0.1, 0.15) is 24.1 Å². The summed E-state index contributed by atoms with van der Waals surface area (Å²) in [5, 5.41) is 9.69. The molecule has 8 heteroatoms. The first kappa shape index (κ1) is 18.6. The van der Waals surface area contributed by atoms with Crippen LogP contribution in [0.15, 0.2) is 18.3 Å². The predicted octanol–water partition coefficient (Wildman–Crippen LogP) is 1.07. The lowest BCUT2D eigenvalue weighted by molar-refractivity contribution is -0.129. The molecule has 1 amide bonds. The van der Waals surface area contributed by atoms with Gasteiger partial charge < -0.3 is 19.6 Å². The van der Waals surface area contributed by atoms with Crippen LogP contribution in [0.25, 0.3) is 11.5 Å². The monoisotopic (exact) mass is 383 g/mol. The van der Waals surface area contributed by atoms with Crippen molar-refractivity contribution in [3.63, 3.8) is 0 Å². The van der Waals surface area contributed by atoms with Crippen molar-refractivity contribution in [3.8, 4) is 17.3 Å². The molecule has 4 rings (SSSR count). The first-order valence-electron chi connectivity index (χ1n) is 9.62. The van der Waals surface area contributed by atoms with E-state index in [-0.39, 0.29) is 12.5 Å². The lowest BCUT2D eigenvalue weighted by Crippen LogP contribution is -2.38. The molecule has 1 aliphatic carbocycles. The molecule has 1 unspecified atom stereocenters. The lowest BCUT2D eigenvalue weighted by Gasteiger charge is -2.24. The molecule has 2 aromatic heterocycles. The van der Waals surface area contributed by atoms with Crippen LogP contribution < -0.4 is 9.64 Å². The van der Waals surface area contributed by atoms with Gasteiger partial charge in [-0.1, -0.05) is 0 Å². The van der Waals surface area contributed by atoms with Gasteiger partial charge in [0.05, 0.1) is 19.8 Å². The highest BCUT2D eigenvalue weighted by Gasteiger charge is 2.27. The quantitative estimate of drug-likeness (QED) is 0.826. The molecule has 1 fully saturated rings. The minimum absolute atomic E-state index is 0.00506. The molecule has 1 N–H and O–H groups in total. The van der Waals surface area contributed by atoms with Crippen molar-refractivity contribution in [1.82, 2.24) is 19.9 Å². The number of fused-ring (bicyclic) bond motifs is 1. The third-order valence-corrected chi connectivity index (χ3v) is 5.36. The fourth-order valence-corrected chi connectivity index (χ4v) is 3.85. The van der Waals surface area contributed by atoms with E-state index >= 15 is 0 Å². The molecule has 0 aromatic carbocycles. The molecule has 2 aromatic rings. The third-order valence-electron chi connectivity index (χ3n) is 5.36. The van der Waals surface area contributed by atoms with Crippen LogP contribution in [0.4, 0.5) is 5.82 Å². The first-order valence-corrected chi connectivity index (χ1v) is 9.62. The van der Waals surface area contributed by atoms with Crippen LogP contribution in [0.5, 0.6) is 5.75 Å². The Labute approximate surface area is 164 Å². The molecule has 1 atom stereocenters. The van der Waals surface area contributed by atoms with Crippen molar-refractivity contribution >= 4 is 11.7 Å². The lowest BCUT2D eigenvalue weighted by atomic mass is 10.2. The number of likely N-dealkylation sites (tertiary alicyclic amines) is 1. The van der Waals surface area contributed by atoms with Crippen molar-refractivity contribution in [2.75, 3.05) is 38.7 Å². The topological polar surface area (TPSA) is 91.7 Å². The second-order valence-corrected chi connectivity index (χ2v) is 7.37. The number of methoxy groups -OCH3 is 1. The summed E-state index contributed by atoms with van der Waals surface area (Å²) in [5.74, 6) is 2.04. The van der Waals surface area contributed by atoms with Crippen LogP contribution in [-0.2, 0) is 17.6 Å². The fraction of sp³-hybridized carbons (Fsp3) is 0.500. The van der Waals surface area contributed by atoms with Crippen molar-refractivity contribution in [1.29, 1.82) is 0 Å². The Morgan fingerprint density at radius 3 is 3.00 bits per heavy atom. The van der Waals surface area contributed by atoms with Gasteiger partial charge in [0.1, 0.15) is 17.3 Å². The minimum atomic E-state index is -0.414. The van der Waals surface area contributed by atoms with E-state index in [2.05, 4.69) is 4.98 Å². The van der Waals surface area contributed by atoms with Gasteiger partial charge in [0.25, 0.3) is 0 Å². The second-order valence-electron chi connectivity index (χ2n) is 7.37. The van der Waals surface area contributed by atoms with Gasteiger partial charge in [0.15, 0.2) is 5.82 Å². The van der Waals surface area contributed by atoms with Gasteiger partial charge in [-0.3, -0.25) is 9.78 Å². The highest BCUT2D eigenvalue weighted by molar-refractivity contribution is 5.82. The third kappa shape index (κ3) is 3.64. The summed E-state index contributed by atoms with van der Waals surface area (Å²) in [5.41, 5.74) is 2.79. The van der Waals surface area contributed by atoms with Crippen LogP contribution in [0, 0.1) is 0 Å². The molecule has 28 heavy (non-hydrogen) atoms. The SMILES string of the molecule is COc1ccnc(-c2nc3c(c(N(C)CC(=O)N4CCC(O)C4)n2)CCC3)c1. The highest BCUT2D eigenvalue weighted by atomic mass is 16.5. The molecule has 148 valence electrons. The molecule has 0 saturated carbocycles. The summed E-state index contributed by atoms with van der Waals surface area (Å²) in [6, 6.07) is 3.60. The zero-order valence-electron chi connectivity index (χ0n) is 16.3. The van der Waals surface area contributed by atoms with Crippen molar-refractivity contribution < 1.29 is 14.6 Å². The number of anilines is 1. The van der Waals surface area contributed by atoms with Gasteiger partial charge in [-0.25, -0.2) is 9.97 Å². The smallest absolute Gasteiger partial charge is 0.242 e. The summed E-state index contributed by atoms with van der Waals surface area (Å²) in [6.07, 6.45) is 4.76. The summed E-state index contributed by atoms with van der Waals surface area (Å²) >= 11 is 0. The van der Waals surface area contributed by atoms with E-state index in [0.29, 0.717) is 36.8 Å². The zero-order valence-corrected chi connectivity index (χ0v) is 16.3. The number of aromatic nitrogens is 3. The zero-order chi connectivity index (χ0) is 19.7. The number of likely N-dealkylation sites (N-methyl/N-ethyl adjacent to an activating group) is 1. The maximum atomic E-state index is 12.6. The van der Waals surface area contributed by atoms with E-state index in [4.69, 9.17) is 14.7 Å². The number of rotatable bonds is 5. The molecule has 1 aliphatic heterocycles. The van der Waals surface area contributed by atoms with Gasteiger partial charge in [0.2, 0.25) is 5.91 Å². The van der Waals surface area contributed by atoms with Gasteiger partial charge >= 0.3 is 0 Å². The number of carbonyl (C=O) groups is 1. The number of hydrogen-bond acceptors (Lipinski definition) is 7. The molecular weight excluding hydrogens is 358 g/mol. The molecule has 1 saturated heterocycles. The first-order chi connectivity index (χ1) is 13.5. The summed E-state index contributed by atoms with van der Waals surface area (Å²) in [4.78, 5) is 30.1. The number of ether oxygens (including phenoxy) is 1. The van der Waals surface area contributed by atoms with E-state index < -0.39 is 6.10 Å². The minimum Gasteiger partial charge on any atom is -0.497 e. The largest absolute Gasteiger partial charge is 0.497 e. The van der Waals surface area contributed by atoms with E-state index in [1.54, 1.807) is 24.3 Å². The molecule has 8 nitrogen and oxygen atoms in total. The Kier molecular flexibility index (Phi) is 5.13. The van der Waals surface area contributed by atoms with Crippen LogP contribution >= 0.6 is 0 Å². The van der Waals surface area contributed by atoms with E-state index in [0.717, 1.165) is 36.3 Å². The van der Waals surface area contributed by atoms with Gasteiger partial charge in [-0.2, -0.15) is 0 Å². The molecule has 0 spiro atoms. The molecular formula is C20H25N5O3. The Morgan fingerprint density at radius 1 is 1.39 bits per heavy atom. The van der Waals surface area contributed by atoms with Crippen molar-refractivity contribution in [2.45, 2.75) is 31.8 Å². The van der Waals surface area contributed by atoms with Crippen LogP contribution in [0.3, 0.4) is 0 Å². The van der Waals surface area contributed by atoms with Crippen molar-refractivity contribution in [2.24, 2.45) is 0 Å². The maximum Gasteiger partial charge on any atom is 0.242 e. The van der Waals surface area contributed by atoms with Gasteiger partial charge in [-0.05, 0) is 31.7 Å². The normalized spacial score (nSPS) is 18.2. The standard InChI is InChI=1S/C20H25N5O3/c1-24(12-18(27)25-9-7-13(26)11-25)20-15-4-3-5-16(15)22-19(23-20)17-10-14(28-2)6-8-21-17/h6,8,10,13,26H,3-5,7,9,11-12H2,1-2H3. The molecule has 0 bridgehead atoms. The number of aliphatic hydroxyl groups excluding tert-OH is 1. The van der Waals surface area contributed by atoms with E-state index in [1.807, 2.05) is 18.0 Å². The number of nitrogens with zero attached hydrogens (tertiary/aromatic N) is 5. The highest BCUT2D eigenvalue weighted by Crippen LogP contribution is 2.31. The van der Waals surface area contributed by atoms with E-state index in [9.17, 15) is 9.90 Å². The number of carbonyl (C=O) groups excluding carboxylic acids is 1. The number of pyridine rings is 1. The predicted molar refractivity (Wildman–Crippen MR) is 104 cm³/mol. The second kappa shape index (κ2) is 7.71. The number of hydrogen-bond donors (Lipinski definition) is 1. The summed E-state index contributed by atoms with van der Waals surface area (Å²) in [7, 11) is 3.50. The molecule has 2 aliphatic rings. The Balaban J connectivity index is 1.62. The van der Waals surface area contributed by atoms with Gasteiger partial charge in [0, 0.05) is 43.7 Å². The fourth-order valence-electron chi connectivity index (χ4n) is 3.85. The van der Waals surface area contributed by atoms with Gasteiger partial charge in [-0.15, -0.1) is 0 Å². The van der Waals surface area contributed by atoms with Crippen molar-refractivity contribution in [3.05, 3.63) is 29.6 Å². The summed E-state index contributed by atoms with van der Waals surface area (Å²) in [6.45, 7) is 1.24. The average molecular weight is 383 g/mol. The Morgan fingerprint density at radius 2 is 2.25 bits per heavy atom. The summed E-state index contributed by atoms with van der Waals surface area (Å²) < 4.78 is 5.29. The van der Waals surface area contributed by atoms with Crippen LogP contribution in [0.2, 0.25) is 0 Å². The number of aliphatic hydroxyl groups is 1. The van der Waals surface area contributed by atoms with Crippen LogP contribution in [-0.4, -0.2) is 70.8 Å². The Hall–Kier alpha value is -2.74. The Bertz CT molecular complexity index is 888. The van der Waals surface area contributed by atoms with E-state index in [1.165, 1.54) is 0 Å².